The summed E-state index contributed by atoms with van der Waals surface area (Å²) in [6, 6.07) is 0. The molecule has 0 aromatic heterocycles. The molecule has 0 radical (unpaired) electrons. The van der Waals surface area contributed by atoms with Gasteiger partial charge in [-0.2, -0.15) is 0 Å². The zero-order valence-corrected chi connectivity index (χ0v) is 26.4. The van der Waals surface area contributed by atoms with Gasteiger partial charge in [0, 0.05) is 10.8 Å². The Balaban J connectivity index is 5.68. The zero-order valence-electron chi connectivity index (χ0n) is 22.2. The maximum Gasteiger partial charge on any atom is 0.261 e. The van der Waals surface area contributed by atoms with E-state index in [0.717, 1.165) is 25.0 Å². The van der Waals surface area contributed by atoms with Crippen LogP contribution in [0.3, 0.4) is 0 Å². The highest BCUT2D eigenvalue weighted by Gasteiger charge is 2.50. The molecule has 0 saturated carbocycles. The Kier molecular flexibility index (Phi) is 10.4. The molecule has 0 aliphatic rings. The summed E-state index contributed by atoms with van der Waals surface area (Å²) < 4.78 is 20.3. The van der Waals surface area contributed by atoms with Gasteiger partial charge in [0.15, 0.2) is 16.6 Å². The Morgan fingerprint density at radius 3 is 1.72 bits per heavy atom. The highest BCUT2D eigenvalue weighted by atomic mass is 28.4. The molecule has 0 rings (SSSR count). The van der Waals surface area contributed by atoms with E-state index in [9.17, 15) is 0 Å². The summed E-state index contributed by atoms with van der Waals surface area (Å²) in [5.41, 5.74) is 0.383. The number of allylic oxidation sites excluding steroid dienone is 1. The van der Waals surface area contributed by atoms with Crippen LogP contribution in [0.4, 0.5) is 0 Å². The highest BCUT2D eigenvalue weighted by molar-refractivity contribution is 6.80. The first kappa shape index (κ1) is 29.3. The molecule has 29 heavy (non-hydrogen) atoms. The predicted molar refractivity (Wildman–Crippen MR) is 141 cm³/mol. The fraction of sp³-hybridized carbons (Fsp3) is 0.909. The van der Waals surface area contributed by atoms with E-state index < -0.39 is 33.7 Å². The summed E-state index contributed by atoms with van der Waals surface area (Å²) in [5, 5.41) is -0.284. The highest BCUT2D eigenvalue weighted by Crippen LogP contribution is 2.49. The first-order valence-corrected chi connectivity index (χ1v) is 23.6. The maximum atomic E-state index is 6.95. The molecule has 0 N–H and O–H groups in total. The van der Waals surface area contributed by atoms with Crippen molar-refractivity contribution >= 4 is 33.7 Å². The fourth-order valence-electron chi connectivity index (χ4n) is 3.93. The third kappa shape index (κ3) is 7.75. The first-order chi connectivity index (χ1) is 12.8. The molecular formula is C22H52O3Si4. The van der Waals surface area contributed by atoms with Crippen LogP contribution in [-0.2, 0) is 13.3 Å². The fourth-order valence-corrected chi connectivity index (χ4v) is 15.1. The quantitative estimate of drug-likeness (QED) is 0.204. The monoisotopic (exact) mass is 476 g/mol. The van der Waals surface area contributed by atoms with E-state index >= 15 is 0 Å². The van der Waals surface area contributed by atoms with E-state index in [-0.39, 0.29) is 10.3 Å². The van der Waals surface area contributed by atoms with Gasteiger partial charge in [0.2, 0.25) is 0 Å². The van der Waals surface area contributed by atoms with Gasteiger partial charge in [-0.3, -0.25) is 0 Å². The summed E-state index contributed by atoms with van der Waals surface area (Å²) >= 11 is 0. The summed E-state index contributed by atoms with van der Waals surface area (Å²) in [5.74, 6) is 0.931. The molecule has 4 unspecified atom stereocenters. The van der Waals surface area contributed by atoms with Crippen molar-refractivity contribution in [1.29, 1.82) is 0 Å². The van der Waals surface area contributed by atoms with Crippen molar-refractivity contribution in [3.63, 3.8) is 0 Å². The Labute approximate surface area is 188 Å². The Morgan fingerprint density at radius 1 is 0.931 bits per heavy atom. The topological polar surface area (TPSA) is 27.7 Å². The molecule has 4 atom stereocenters. The molecular weight excluding hydrogens is 425 g/mol. The third-order valence-electron chi connectivity index (χ3n) is 6.85. The van der Waals surface area contributed by atoms with E-state index in [2.05, 4.69) is 100 Å². The molecule has 174 valence electrons. The lowest BCUT2D eigenvalue weighted by atomic mass is 10.1. The number of hydrogen-bond donors (Lipinski definition) is 0. The first-order valence-electron chi connectivity index (χ1n) is 11.5. The SMILES string of the molecule is C=C(O[SiH](C)C(C)(CC)O[Si](C)(C)C)C(C)(CC)[Si](C)(C)OC(CC)[Si](C)(C)C. The van der Waals surface area contributed by atoms with Crippen molar-refractivity contribution in [3.05, 3.63) is 12.3 Å². The van der Waals surface area contributed by atoms with E-state index in [0.29, 0.717) is 5.73 Å². The lowest BCUT2D eigenvalue weighted by Crippen LogP contribution is -2.55. The largest absolute Gasteiger partial charge is 0.547 e. The second-order valence-corrected chi connectivity index (χ2v) is 28.5. The van der Waals surface area contributed by atoms with Gasteiger partial charge in [0.1, 0.15) is 0 Å². The molecule has 0 aliphatic heterocycles. The average molecular weight is 477 g/mol. The van der Waals surface area contributed by atoms with Crippen LogP contribution in [0.25, 0.3) is 0 Å². The maximum absolute atomic E-state index is 6.95. The molecule has 0 amide bonds. The van der Waals surface area contributed by atoms with Crippen LogP contribution in [-0.4, -0.2) is 44.7 Å². The van der Waals surface area contributed by atoms with Crippen molar-refractivity contribution in [3.8, 4) is 0 Å². The zero-order chi connectivity index (χ0) is 23.5. The van der Waals surface area contributed by atoms with Gasteiger partial charge in [-0.1, -0.05) is 53.9 Å². The van der Waals surface area contributed by atoms with Gasteiger partial charge in [0.25, 0.3) is 9.04 Å². The van der Waals surface area contributed by atoms with E-state index in [1.165, 1.54) is 0 Å². The lowest BCUT2D eigenvalue weighted by Gasteiger charge is -2.48. The van der Waals surface area contributed by atoms with Crippen LogP contribution in [0.5, 0.6) is 0 Å². The van der Waals surface area contributed by atoms with Crippen molar-refractivity contribution < 1.29 is 13.3 Å². The summed E-state index contributed by atoms with van der Waals surface area (Å²) in [4.78, 5) is 0. The molecule has 0 aromatic carbocycles. The van der Waals surface area contributed by atoms with Crippen molar-refractivity contribution in [2.24, 2.45) is 0 Å². The van der Waals surface area contributed by atoms with Crippen LogP contribution in [0.15, 0.2) is 12.3 Å². The summed E-state index contributed by atoms with van der Waals surface area (Å²) in [6.45, 7) is 36.8. The molecule has 0 fully saturated rings. The van der Waals surface area contributed by atoms with Crippen molar-refractivity contribution in [2.45, 2.75) is 129 Å². The van der Waals surface area contributed by atoms with Gasteiger partial charge in [-0.15, -0.1) is 0 Å². The van der Waals surface area contributed by atoms with Crippen LogP contribution in [0.1, 0.15) is 53.9 Å². The van der Waals surface area contributed by atoms with Crippen LogP contribution in [0, 0.1) is 0 Å². The number of rotatable bonds is 13. The minimum absolute atomic E-state index is 0.116. The van der Waals surface area contributed by atoms with Crippen LogP contribution >= 0.6 is 0 Å². The van der Waals surface area contributed by atoms with Gasteiger partial charge in [0.05, 0.1) is 19.1 Å². The Bertz CT molecular complexity index is 539. The lowest BCUT2D eigenvalue weighted by molar-refractivity contribution is 0.132. The van der Waals surface area contributed by atoms with Crippen molar-refractivity contribution in [2.75, 3.05) is 0 Å². The normalized spacial score (nSPS) is 19.8. The minimum atomic E-state index is -2.10. The Hall–Kier alpha value is 0.328. The van der Waals surface area contributed by atoms with Gasteiger partial charge >= 0.3 is 0 Å². The molecule has 0 aromatic rings. The van der Waals surface area contributed by atoms with Crippen LogP contribution in [0.2, 0.25) is 64.0 Å². The minimum Gasteiger partial charge on any atom is -0.547 e. The molecule has 0 bridgehead atoms. The van der Waals surface area contributed by atoms with E-state index in [1.807, 2.05) is 0 Å². The Morgan fingerprint density at radius 2 is 1.41 bits per heavy atom. The van der Waals surface area contributed by atoms with Crippen molar-refractivity contribution in [1.82, 2.24) is 0 Å². The third-order valence-corrected chi connectivity index (χ3v) is 17.9. The standard InChI is InChI=1S/C22H52O3Si4/c1-16-20(27(8,9)10)24-29(14,15)21(5,17-2)19(4)23-26(7)22(6,18-3)25-28(11,12)13/h20,26H,4,16-18H2,1-3,5-15H3. The van der Waals surface area contributed by atoms with Gasteiger partial charge in [-0.25, -0.2) is 0 Å². The van der Waals surface area contributed by atoms with E-state index in [1.54, 1.807) is 0 Å². The second kappa shape index (κ2) is 10.3. The smallest absolute Gasteiger partial charge is 0.261 e. The predicted octanol–water partition coefficient (Wildman–Crippen LogP) is 7.48. The van der Waals surface area contributed by atoms with Crippen LogP contribution < -0.4 is 0 Å². The molecule has 7 heteroatoms. The second-order valence-electron chi connectivity index (χ2n) is 11.6. The molecule has 0 aliphatic carbocycles. The average Bonchev–Trinajstić information content (AvgIpc) is 2.55. The van der Waals surface area contributed by atoms with Gasteiger partial charge in [-0.05, 0) is 65.5 Å². The summed E-state index contributed by atoms with van der Waals surface area (Å²) in [7, 11) is -6.79. The van der Waals surface area contributed by atoms with Gasteiger partial charge < -0.3 is 13.3 Å². The molecule has 0 saturated heterocycles. The number of hydrogen-bond acceptors (Lipinski definition) is 3. The summed E-state index contributed by atoms with van der Waals surface area (Å²) in [6.07, 6.45) is 3.06. The molecule has 0 heterocycles. The molecule has 3 nitrogen and oxygen atoms in total. The van der Waals surface area contributed by atoms with E-state index in [4.69, 9.17) is 13.3 Å². The molecule has 0 spiro atoms.